The van der Waals surface area contributed by atoms with Gasteiger partial charge in [0.05, 0.1) is 26.6 Å². The number of anilines is 1. The van der Waals surface area contributed by atoms with E-state index in [-0.39, 0.29) is 30.9 Å². The SMILES string of the molecule is COC(=O)CC(Cc1ccc2c(c1)CC(=O)N2)NCCO. The Morgan fingerprint density at radius 2 is 2.33 bits per heavy atom. The highest BCUT2D eigenvalue weighted by atomic mass is 16.5. The van der Waals surface area contributed by atoms with E-state index < -0.39 is 0 Å². The van der Waals surface area contributed by atoms with E-state index >= 15 is 0 Å². The molecule has 0 bridgehead atoms. The molecule has 6 heteroatoms. The molecule has 3 N–H and O–H groups in total. The molecular formula is C15H20N2O4. The van der Waals surface area contributed by atoms with Crippen molar-refractivity contribution in [3.8, 4) is 0 Å². The van der Waals surface area contributed by atoms with Crippen LogP contribution in [0.25, 0.3) is 0 Å². The third kappa shape index (κ3) is 4.27. The summed E-state index contributed by atoms with van der Waals surface area (Å²) in [5.74, 6) is -0.282. The van der Waals surface area contributed by atoms with Gasteiger partial charge in [0.15, 0.2) is 0 Å². The van der Waals surface area contributed by atoms with Crippen molar-refractivity contribution in [1.29, 1.82) is 0 Å². The first-order chi connectivity index (χ1) is 10.1. The molecule has 1 unspecified atom stereocenters. The first-order valence-electron chi connectivity index (χ1n) is 6.95. The Kier molecular flexibility index (Phi) is 5.30. The number of carbonyl (C=O) groups excluding carboxylic acids is 2. The third-order valence-corrected chi connectivity index (χ3v) is 3.46. The van der Waals surface area contributed by atoms with E-state index in [0.29, 0.717) is 19.4 Å². The number of benzene rings is 1. The number of ether oxygens (including phenoxy) is 1. The molecule has 1 atom stereocenters. The Bertz CT molecular complexity index is 530. The maximum absolute atomic E-state index is 11.4. The average Bonchev–Trinajstić information content (AvgIpc) is 2.83. The fourth-order valence-corrected chi connectivity index (χ4v) is 2.46. The second-order valence-corrected chi connectivity index (χ2v) is 5.08. The van der Waals surface area contributed by atoms with Crippen molar-refractivity contribution in [2.24, 2.45) is 0 Å². The smallest absolute Gasteiger partial charge is 0.307 e. The van der Waals surface area contributed by atoms with Gasteiger partial charge < -0.3 is 20.5 Å². The number of aliphatic hydroxyl groups excluding tert-OH is 1. The molecule has 1 aromatic rings. The van der Waals surface area contributed by atoms with Gasteiger partial charge in [-0.05, 0) is 23.6 Å². The van der Waals surface area contributed by atoms with Gasteiger partial charge in [-0.2, -0.15) is 0 Å². The maximum Gasteiger partial charge on any atom is 0.307 e. The van der Waals surface area contributed by atoms with Gasteiger partial charge in [-0.15, -0.1) is 0 Å². The quantitative estimate of drug-likeness (QED) is 0.627. The van der Waals surface area contributed by atoms with Crippen LogP contribution in [-0.4, -0.2) is 43.3 Å². The van der Waals surface area contributed by atoms with Crippen molar-refractivity contribution < 1.29 is 19.4 Å². The molecule has 0 aromatic heterocycles. The van der Waals surface area contributed by atoms with Crippen LogP contribution in [0.1, 0.15) is 17.5 Å². The minimum absolute atomic E-state index is 0.00617. The molecule has 0 fully saturated rings. The van der Waals surface area contributed by atoms with Crippen LogP contribution in [0.5, 0.6) is 0 Å². The fraction of sp³-hybridized carbons (Fsp3) is 0.467. The van der Waals surface area contributed by atoms with Crippen molar-refractivity contribution in [3.63, 3.8) is 0 Å². The van der Waals surface area contributed by atoms with Gasteiger partial charge in [0.1, 0.15) is 0 Å². The van der Waals surface area contributed by atoms with Gasteiger partial charge in [0, 0.05) is 18.3 Å². The van der Waals surface area contributed by atoms with E-state index in [9.17, 15) is 9.59 Å². The van der Waals surface area contributed by atoms with Crippen LogP contribution in [0.4, 0.5) is 5.69 Å². The summed E-state index contributed by atoms with van der Waals surface area (Å²) < 4.78 is 4.69. The Balaban J connectivity index is 2.03. The first-order valence-corrected chi connectivity index (χ1v) is 6.95. The van der Waals surface area contributed by atoms with Gasteiger partial charge in [0.2, 0.25) is 5.91 Å². The molecule has 0 saturated carbocycles. The maximum atomic E-state index is 11.4. The minimum atomic E-state index is -0.288. The number of rotatable bonds is 7. The van der Waals surface area contributed by atoms with E-state index in [1.165, 1.54) is 7.11 Å². The zero-order chi connectivity index (χ0) is 15.2. The van der Waals surface area contributed by atoms with Crippen molar-refractivity contribution in [2.75, 3.05) is 25.6 Å². The molecule has 1 aliphatic heterocycles. The molecule has 1 aliphatic rings. The molecule has 114 valence electrons. The Hall–Kier alpha value is -1.92. The summed E-state index contributed by atoms with van der Waals surface area (Å²) in [6, 6.07) is 5.71. The first kappa shape index (κ1) is 15.5. The summed E-state index contributed by atoms with van der Waals surface area (Å²) in [5.41, 5.74) is 2.89. The number of carbonyl (C=O) groups is 2. The Labute approximate surface area is 123 Å². The number of nitrogens with one attached hydrogen (secondary N) is 2. The number of hydrogen-bond acceptors (Lipinski definition) is 5. The number of amides is 1. The molecule has 6 nitrogen and oxygen atoms in total. The molecule has 21 heavy (non-hydrogen) atoms. The molecule has 0 aliphatic carbocycles. The van der Waals surface area contributed by atoms with Gasteiger partial charge in [-0.25, -0.2) is 0 Å². The Morgan fingerprint density at radius 1 is 1.52 bits per heavy atom. The molecule has 2 rings (SSSR count). The highest BCUT2D eigenvalue weighted by molar-refractivity contribution is 5.99. The van der Waals surface area contributed by atoms with Crippen LogP contribution in [0.3, 0.4) is 0 Å². The molecule has 1 aromatic carbocycles. The summed E-state index contributed by atoms with van der Waals surface area (Å²) in [4.78, 5) is 22.8. The summed E-state index contributed by atoms with van der Waals surface area (Å²) in [6.45, 7) is 0.437. The Morgan fingerprint density at radius 3 is 3.05 bits per heavy atom. The summed E-state index contributed by atoms with van der Waals surface area (Å²) in [5, 5.41) is 14.8. The monoisotopic (exact) mass is 292 g/mol. The number of esters is 1. The predicted molar refractivity (Wildman–Crippen MR) is 78.0 cm³/mol. The zero-order valence-electron chi connectivity index (χ0n) is 12.0. The minimum Gasteiger partial charge on any atom is -0.469 e. The second-order valence-electron chi connectivity index (χ2n) is 5.08. The third-order valence-electron chi connectivity index (χ3n) is 3.46. The normalized spacial score (nSPS) is 14.5. The van der Waals surface area contributed by atoms with E-state index in [0.717, 1.165) is 16.8 Å². The van der Waals surface area contributed by atoms with Crippen LogP contribution in [0.2, 0.25) is 0 Å². The van der Waals surface area contributed by atoms with Crippen molar-refractivity contribution >= 4 is 17.6 Å². The molecule has 1 amide bonds. The van der Waals surface area contributed by atoms with Crippen molar-refractivity contribution in [1.82, 2.24) is 5.32 Å². The van der Waals surface area contributed by atoms with Gasteiger partial charge >= 0.3 is 5.97 Å². The van der Waals surface area contributed by atoms with Crippen LogP contribution in [0.15, 0.2) is 18.2 Å². The summed E-state index contributed by atoms with van der Waals surface area (Å²) in [7, 11) is 1.36. The van der Waals surface area contributed by atoms with Crippen LogP contribution < -0.4 is 10.6 Å². The van der Waals surface area contributed by atoms with Crippen LogP contribution in [-0.2, 0) is 27.2 Å². The fourth-order valence-electron chi connectivity index (χ4n) is 2.46. The summed E-state index contributed by atoms with van der Waals surface area (Å²) in [6.07, 6.45) is 1.27. The van der Waals surface area contributed by atoms with E-state index in [2.05, 4.69) is 10.6 Å². The highest BCUT2D eigenvalue weighted by Gasteiger charge is 2.19. The lowest BCUT2D eigenvalue weighted by atomic mass is 10.00. The highest BCUT2D eigenvalue weighted by Crippen LogP contribution is 2.24. The predicted octanol–water partition coefficient (Wildman–Crippen LogP) is 0.237. The van der Waals surface area contributed by atoms with Crippen molar-refractivity contribution in [3.05, 3.63) is 29.3 Å². The zero-order valence-corrected chi connectivity index (χ0v) is 12.0. The second kappa shape index (κ2) is 7.19. The van der Waals surface area contributed by atoms with Crippen LogP contribution >= 0.6 is 0 Å². The molecule has 0 radical (unpaired) electrons. The van der Waals surface area contributed by atoms with Gasteiger partial charge in [-0.3, -0.25) is 9.59 Å². The molecular weight excluding hydrogens is 272 g/mol. The van der Waals surface area contributed by atoms with Gasteiger partial charge in [0.25, 0.3) is 0 Å². The van der Waals surface area contributed by atoms with Crippen LogP contribution in [0, 0.1) is 0 Å². The van der Waals surface area contributed by atoms with Gasteiger partial charge in [-0.1, -0.05) is 12.1 Å². The molecule has 0 spiro atoms. The molecule has 1 heterocycles. The standard InChI is InChI=1S/C15H20N2O4/c1-21-15(20)9-12(16-4-5-18)7-10-2-3-13-11(6-10)8-14(19)17-13/h2-3,6,12,16,18H,4-5,7-9H2,1H3,(H,17,19). The van der Waals surface area contributed by atoms with E-state index in [4.69, 9.17) is 9.84 Å². The number of methoxy groups -OCH3 is 1. The molecule has 0 saturated heterocycles. The topological polar surface area (TPSA) is 87.7 Å². The average molecular weight is 292 g/mol. The number of aliphatic hydroxyl groups is 1. The van der Waals surface area contributed by atoms with E-state index in [1.807, 2.05) is 18.2 Å². The van der Waals surface area contributed by atoms with Crippen molar-refractivity contribution in [2.45, 2.75) is 25.3 Å². The lowest BCUT2D eigenvalue weighted by Gasteiger charge is -2.17. The number of fused-ring (bicyclic) bond motifs is 1. The lowest BCUT2D eigenvalue weighted by molar-refractivity contribution is -0.141. The summed E-state index contributed by atoms with van der Waals surface area (Å²) >= 11 is 0. The largest absolute Gasteiger partial charge is 0.469 e. The number of hydrogen-bond donors (Lipinski definition) is 3. The van der Waals surface area contributed by atoms with E-state index in [1.54, 1.807) is 0 Å². The lowest BCUT2D eigenvalue weighted by Crippen LogP contribution is -2.35.